The standard InChI is InChI=1S/C19H20Cl2N4O3S/c1-28-18-11-14(25(26)27)3-5-17(18)22-19(29)24-8-6-23(7-9-24)12-13-2-4-15(20)16(21)10-13/h2-5,10-11H,6-9,12H2,1H3,(H,22,29). The number of benzene rings is 2. The molecular formula is C19H20Cl2N4O3S. The Kier molecular flexibility index (Phi) is 7.13. The molecule has 7 nitrogen and oxygen atoms in total. The molecule has 2 aromatic rings. The van der Waals surface area contributed by atoms with E-state index in [9.17, 15) is 10.1 Å². The van der Waals surface area contributed by atoms with E-state index in [-0.39, 0.29) is 5.69 Å². The molecule has 10 heteroatoms. The number of hydrogen-bond acceptors (Lipinski definition) is 5. The van der Waals surface area contributed by atoms with Gasteiger partial charge in [0.05, 0.1) is 33.8 Å². The Labute approximate surface area is 184 Å². The van der Waals surface area contributed by atoms with Gasteiger partial charge in [-0.3, -0.25) is 15.0 Å². The summed E-state index contributed by atoms with van der Waals surface area (Å²) in [6.07, 6.45) is 0. The zero-order valence-electron chi connectivity index (χ0n) is 15.7. The summed E-state index contributed by atoms with van der Waals surface area (Å²) in [6.45, 7) is 4.02. The van der Waals surface area contributed by atoms with Gasteiger partial charge in [-0.2, -0.15) is 0 Å². The average Bonchev–Trinajstić information content (AvgIpc) is 2.71. The third kappa shape index (κ3) is 5.48. The van der Waals surface area contributed by atoms with E-state index in [0.717, 1.165) is 38.3 Å². The van der Waals surface area contributed by atoms with Gasteiger partial charge in [-0.05, 0) is 36.0 Å². The number of non-ortho nitro benzene ring substituents is 1. The summed E-state index contributed by atoms with van der Waals surface area (Å²) in [6, 6.07) is 10.1. The highest BCUT2D eigenvalue weighted by molar-refractivity contribution is 7.80. The Balaban J connectivity index is 1.56. The monoisotopic (exact) mass is 454 g/mol. The van der Waals surface area contributed by atoms with Crippen molar-refractivity contribution < 1.29 is 9.66 Å². The number of halogens is 2. The predicted octanol–water partition coefficient (Wildman–Crippen LogP) is 4.42. The Hall–Kier alpha value is -2.13. The minimum atomic E-state index is -0.461. The van der Waals surface area contributed by atoms with Crippen molar-refractivity contribution in [2.24, 2.45) is 0 Å². The van der Waals surface area contributed by atoms with Crippen molar-refractivity contribution in [3.63, 3.8) is 0 Å². The molecule has 0 saturated carbocycles. The minimum absolute atomic E-state index is 0.0331. The smallest absolute Gasteiger partial charge is 0.273 e. The first-order valence-electron chi connectivity index (χ1n) is 8.92. The van der Waals surface area contributed by atoms with Gasteiger partial charge < -0.3 is 15.0 Å². The zero-order valence-corrected chi connectivity index (χ0v) is 18.1. The summed E-state index contributed by atoms with van der Waals surface area (Å²) in [5.41, 5.74) is 1.68. The number of nitro benzene ring substituents is 1. The van der Waals surface area contributed by atoms with Crippen LogP contribution in [0.25, 0.3) is 0 Å². The van der Waals surface area contributed by atoms with Crippen LogP contribution in [0.2, 0.25) is 10.0 Å². The van der Waals surface area contributed by atoms with Gasteiger partial charge in [-0.25, -0.2) is 0 Å². The summed E-state index contributed by atoms with van der Waals surface area (Å²) in [4.78, 5) is 14.9. The number of piperazine rings is 1. The van der Waals surface area contributed by atoms with E-state index >= 15 is 0 Å². The largest absolute Gasteiger partial charge is 0.494 e. The van der Waals surface area contributed by atoms with Crippen molar-refractivity contribution in [3.8, 4) is 5.75 Å². The van der Waals surface area contributed by atoms with E-state index in [0.29, 0.717) is 26.6 Å². The molecule has 0 amide bonds. The molecule has 0 atom stereocenters. The lowest BCUT2D eigenvalue weighted by Gasteiger charge is -2.36. The first kappa shape index (κ1) is 21.6. The molecule has 0 aliphatic carbocycles. The fourth-order valence-electron chi connectivity index (χ4n) is 3.10. The quantitative estimate of drug-likeness (QED) is 0.407. The van der Waals surface area contributed by atoms with Crippen LogP contribution >= 0.6 is 35.4 Å². The second-order valence-corrected chi connectivity index (χ2v) is 7.78. The van der Waals surface area contributed by atoms with Gasteiger partial charge in [0.2, 0.25) is 0 Å². The molecule has 1 N–H and O–H groups in total. The van der Waals surface area contributed by atoms with Crippen LogP contribution < -0.4 is 10.1 Å². The number of ether oxygens (including phenoxy) is 1. The summed E-state index contributed by atoms with van der Waals surface area (Å²) in [7, 11) is 1.47. The lowest BCUT2D eigenvalue weighted by molar-refractivity contribution is -0.384. The van der Waals surface area contributed by atoms with Gasteiger partial charge in [0.15, 0.2) is 5.11 Å². The van der Waals surface area contributed by atoms with Crippen molar-refractivity contribution >= 4 is 51.9 Å². The van der Waals surface area contributed by atoms with E-state index < -0.39 is 4.92 Å². The van der Waals surface area contributed by atoms with Crippen molar-refractivity contribution in [2.45, 2.75) is 6.54 Å². The van der Waals surface area contributed by atoms with Gasteiger partial charge in [0, 0.05) is 38.8 Å². The third-order valence-corrected chi connectivity index (χ3v) is 5.79. The molecule has 0 aromatic heterocycles. The molecular weight excluding hydrogens is 435 g/mol. The first-order chi connectivity index (χ1) is 13.9. The number of hydrogen-bond donors (Lipinski definition) is 1. The van der Waals surface area contributed by atoms with Crippen molar-refractivity contribution in [2.75, 3.05) is 38.6 Å². The topological polar surface area (TPSA) is 70.9 Å². The molecule has 0 bridgehead atoms. The summed E-state index contributed by atoms with van der Waals surface area (Å²) < 4.78 is 5.25. The molecule has 1 aliphatic rings. The van der Waals surface area contributed by atoms with Crippen LogP contribution in [-0.4, -0.2) is 53.1 Å². The summed E-state index contributed by atoms with van der Waals surface area (Å²) in [5.74, 6) is 0.375. The number of nitrogens with zero attached hydrogens (tertiary/aromatic N) is 3. The lowest BCUT2D eigenvalue weighted by Crippen LogP contribution is -2.49. The van der Waals surface area contributed by atoms with Crippen LogP contribution in [0.3, 0.4) is 0 Å². The van der Waals surface area contributed by atoms with E-state index in [1.807, 2.05) is 18.2 Å². The van der Waals surface area contributed by atoms with Crippen LogP contribution in [0.5, 0.6) is 5.75 Å². The molecule has 0 unspecified atom stereocenters. The molecule has 0 spiro atoms. The molecule has 1 heterocycles. The van der Waals surface area contributed by atoms with E-state index in [1.54, 1.807) is 6.07 Å². The van der Waals surface area contributed by atoms with E-state index in [2.05, 4.69) is 15.1 Å². The number of anilines is 1. The first-order valence-corrected chi connectivity index (χ1v) is 10.1. The van der Waals surface area contributed by atoms with Crippen LogP contribution in [0.4, 0.5) is 11.4 Å². The van der Waals surface area contributed by atoms with Gasteiger partial charge in [-0.15, -0.1) is 0 Å². The third-order valence-electron chi connectivity index (χ3n) is 4.69. The molecule has 2 aromatic carbocycles. The number of nitro groups is 1. The maximum absolute atomic E-state index is 10.9. The zero-order chi connectivity index (χ0) is 21.0. The maximum Gasteiger partial charge on any atom is 0.273 e. The number of methoxy groups -OCH3 is 1. The second-order valence-electron chi connectivity index (χ2n) is 6.58. The Morgan fingerprint density at radius 1 is 1.17 bits per heavy atom. The highest BCUT2D eigenvalue weighted by Gasteiger charge is 2.20. The van der Waals surface area contributed by atoms with Crippen molar-refractivity contribution in [1.82, 2.24) is 9.80 Å². The van der Waals surface area contributed by atoms with Crippen LogP contribution in [0, 0.1) is 10.1 Å². The number of rotatable bonds is 5. The second kappa shape index (κ2) is 9.58. The van der Waals surface area contributed by atoms with Gasteiger partial charge in [0.1, 0.15) is 5.75 Å². The van der Waals surface area contributed by atoms with Gasteiger partial charge in [-0.1, -0.05) is 29.3 Å². The predicted molar refractivity (Wildman–Crippen MR) is 119 cm³/mol. The van der Waals surface area contributed by atoms with Crippen molar-refractivity contribution in [3.05, 3.63) is 62.1 Å². The van der Waals surface area contributed by atoms with E-state index in [4.69, 9.17) is 40.2 Å². The highest BCUT2D eigenvalue weighted by atomic mass is 35.5. The Bertz CT molecular complexity index is 920. The lowest BCUT2D eigenvalue weighted by atomic mass is 10.2. The Morgan fingerprint density at radius 3 is 2.52 bits per heavy atom. The van der Waals surface area contributed by atoms with Crippen LogP contribution in [0.1, 0.15) is 5.56 Å². The highest BCUT2D eigenvalue weighted by Crippen LogP contribution is 2.29. The summed E-state index contributed by atoms with van der Waals surface area (Å²) in [5, 5.41) is 15.7. The fraction of sp³-hybridized carbons (Fsp3) is 0.316. The van der Waals surface area contributed by atoms with E-state index in [1.165, 1.54) is 19.2 Å². The van der Waals surface area contributed by atoms with Crippen LogP contribution in [0.15, 0.2) is 36.4 Å². The molecule has 154 valence electrons. The van der Waals surface area contributed by atoms with Crippen molar-refractivity contribution in [1.29, 1.82) is 0 Å². The van der Waals surface area contributed by atoms with Gasteiger partial charge >= 0.3 is 0 Å². The van der Waals surface area contributed by atoms with Gasteiger partial charge in [0.25, 0.3) is 5.69 Å². The minimum Gasteiger partial charge on any atom is -0.494 e. The SMILES string of the molecule is COc1cc([N+](=O)[O-])ccc1NC(=S)N1CCN(Cc2ccc(Cl)c(Cl)c2)CC1. The summed E-state index contributed by atoms with van der Waals surface area (Å²) >= 11 is 17.6. The molecule has 3 rings (SSSR count). The average molecular weight is 455 g/mol. The maximum atomic E-state index is 10.9. The Morgan fingerprint density at radius 2 is 1.90 bits per heavy atom. The number of thiocarbonyl (C=S) groups is 1. The molecule has 0 radical (unpaired) electrons. The molecule has 1 saturated heterocycles. The van der Waals surface area contributed by atoms with Crippen LogP contribution in [-0.2, 0) is 6.54 Å². The number of nitrogens with one attached hydrogen (secondary N) is 1. The molecule has 1 fully saturated rings. The fourth-order valence-corrected chi connectivity index (χ4v) is 3.71. The normalized spacial score (nSPS) is 14.5. The molecule has 1 aliphatic heterocycles. The molecule has 29 heavy (non-hydrogen) atoms.